The Morgan fingerprint density at radius 3 is 2.11 bits per heavy atom. The molecular formula is C25H48N2. The third kappa shape index (κ3) is 17.0. The second-order valence-electron chi connectivity index (χ2n) is 8.31. The van der Waals surface area contributed by atoms with Crippen LogP contribution in [0.3, 0.4) is 0 Å². The summed E-state index contributed by atoms with van der Waals surface area (Å²) in [6, 6.07) is 0.658. The number of nitrogens with one attached hydrogen (secondary N) is 1. The lowest BCUT2D eigenvalue weighted by atomic mass is 10.1. The van der Waals surface area contributed by atoms with Gasteiger partial charge in [-0.3, -0.25) is 4.90 Å². The average molecular weight is 377 g/mol. The molecule has 0 fully saturated rings. The Morgan fingerprint density at radius 2 is 1.52 bits per heavy atom. The zero-order valence-corrected chi connectivity index (χ0v) is 19.5. The normalized spacial score (nSPS) is 13.9. The smallest absolute Gasteiger partial charge is 0.0165 e. The van der Waals surface area contributed by atoms with Crippen molar-refractivity contribution in [2.45, 2.75) is 99.5 Å². The first kappa shape index (κ1) is 26.1. The summed E-state index contributed by atoms with van der Waals surface area (Å²) in [6.45, 7) is 20.2. The van der Waals surface area contributed by atoms with Crippen LogP contribution in [-0.2, 0) is 0 Å². The molecule has 0 aromatic carbocycles. The van der Waals surface area contributed by atoms with Crippen molar-refractivity contribution in [3.8, 4) is 0 Å². The Morgan fingerprint density at radius 1 is 0.889 bits per heavy atom. The van der Waals surface area contributed by atoms with E-state index in [-0.39, 0.29) is 0 Å². The van der Waals surface area contributed by atoms with Crippen LogP contribution in [0.1, 0.15) is 93.4 Å². The standard InChI is InChI=1S/C25H48N2/c1-8-26-25(7)18-10-11-20-27(9-2)21-19-24(6)17-13-16-23(5)15-12-14-22(3)4/h14,16,19,25-26H,8-13,15,17-18,20-21H2,1-7H3. The van der Waals surface area contributed by atoms with Crippen LogP contribution in [0, 0.1) is 0 Å². The minimum atomic E-state index is 0.658. The third-order valence-corrected chi connectivity index (χ3v) is 5.18. The van der Waals surface area contributed by atoms with Crippen molar-refractivity contribution in [1.29, 1.82) is 0 Å². The molecule has 0 aromatic heterocycles. The summed E-state index contributed by atoms with van der Waals surface area (Å²) in [4.78, 5) is 2.57. The number of rotatable bonds is 16. The molecule has 1 atom stereocenters. The van der Waals surface area contributed by atoms with E-state index < -0.39 is 0 Å². The highest BCUT2D eigenvalue weighted by Crippen LogP contribution is 2.11. The van der Waals surface area contributed by atoms with Gasteiger partial charge in [-0.05, 0) is 92.8 Å². The molecule has 0 bridgehead atoms. The van der Waals surface area contributed by atoms with E-state index in [9.17, 15) is 0 Å². The molecule has 2 heteroatoms. The quantitative estimate of drug-likeness (QED) is 0.233. The highest BCUT2D eigenvalue weighted by atomic mass is 15.1. The third-order valence-electron chi connectivity index (χ3n) is 5.18. The van der Waals surface area contributed by atoms with Gasteiger partial charge in [-0.25, -0.2) is 0 Å². The minimum absolute atomic E-state index is 0.658. The van der Waals surface area contributed by atoms with Crippen LogP contribution in [0.4, 0.5) is 0 Å². The predicted octanol–water partition coefficient (Wildman–Crippen LogP) is 6.90. The second kappa shape index (κ2) is 17.3. The highest BCUT2D eigenvalue weighted by Gasteiger charge is 2.03. The van der Waals surface area contributed by atoms with E-state index in [1.165, 1.54) is 68.2 Å². The zero-order chi connectivity index (χ0) is 20.5. The molecule has 0 saturated heterocycles. The molecule has 158 valence electrons. The Kier molecular flexibility index (Phi) is 16.7. The lowest BCUT2D eigenvalue weighted by Gasteiger charge is -2.19. The van der Waals surface area contributed by atoms with Gasteiger partial charge in [0.05, 0.1) is 0 Å². The molecule has 0 aliphatic heterocycles. The minimum Gasteiger partial charge on any atom is -0.315 e. The first-order valence-corrected chi connectivity index (χ1v) is 11.3. The molecule has 0 heterocycles. The summed E-state index contributed by atoms with van der Waals surface area (Å²) in [5.41, 5.74) is 4.49. The van der Waals surface area contributed by atoms with Gasteiger partial charge in [0, 0.05) is 12.6 Å². The van der Waals surface area contributed by atoms with Gasteiger partial charge in [0.1, 0.15) is 0 Å². The average Bonchev–Trinajstić information content (AvgIpc) is 2.61. The van der Waals surface area contributed by atoms with Gasteiger partial charge in [-0.2, -0.15) is 0 Å². The van der Waals surface area contributed by atoms with Crippen molar-refractivity contribution in [3.63, 3.8) is 0 Å². The fourth-order valence-corrected chi connectivity index (χ4v) is 3.24. The Labute approximate surface area is 171 Å². The Balaban J connectivity index is 4.02. The highest BCUT2D eigenvalue weighted by molar-refractivity contribution is 5.05. The number of likely N-dealkylation sites (N-methyl/N-ethyl adjacent to an activating group) is 1. The van der Waals surface area contributed by atoms with Crippen molar-refractivity contribution in [3.05, 3.63) is 34.9 Å². The lowest BCUT2D eigenvalue weighted by molar-refractivity contribution is 0.306. The maximum Gasteiger partial charge on any atom is 0.0165 e. The van der Waals surface area contributed by atoms with E-state index in [4.69, 9.17) is 0 Å². The number of hydrogen-bond donors (Lipinski definition) is 1. The summed E-state index contributed by atoms with van der Waals surface area (Å²) in [7, 11) is 0. The molecule has 2 nitrogen and oxygen atoms in total. The molecule has 27 heavy (non-hydrogen) atoms. The SMILES string of the molecule is CCNC(C)CCCCN(CC)CC=C(C)CCC=C(C)CCC=C(C)C. The second-order valence-corrected chi connectivity index (χ2v) is 8.31. The molecule has 1 N–H and O–H groups in total. The first-order valence-electron chi connectivity index (χ1n) is 11.3. The molecule has 0 amide bonds. The maximum absolute atomic E-state index is 3.50. The molecule has 0 aliphatic carbocycles. The van der Waals surface area contributed by atoms with Crippen molar-refractivity contribution >= 4 is 0 Å². The molecule has 0 aromatic rings. The molecule has 0 spiro atoms. The summed E-state index contributed by atoms with van der Waals surface area (Å²) < 4.78 is 0. The zero-order valence-electron chi connectivity index (χ0n) is 19.5. The number of hydrogen-bond acceptors (Lipinski definition) is 2. The predicted molar refractivity (Wildman–Crippen MR) is 125 cm³/mol. The fraction of sp³-hybridized carbons (Fsp3) is 0.760. The van der Waals surface area contributed by atoms with E-state index in [0.29, 0.717) is 6.04 Å². The lowest BCUT2D eigenvalue weighted by Crippen LogP contribution is -2.27. The summed E-state index contributed by atoms with van der Waals surface area (Å²) in [5, 5.41) is 3.50. The van der Waals surface area contributed by atoms with Crippen LogP contribution in [0.2, 0.25) is 0 Å². The van der Waals surface area contributed by atoms with Gasteiger partial charge in [0.2, 0.25) is 0 Å². The monoisotopic (exact) mass is 376 g/mol. The molecular weight excluding hydrogens is 328 g/mol. The maximum atomic E-state index is 3.50. The van der Waals surface area contributed by atoms with Crippen LogP contribution < -0.4 is 5.32 Å². The summed E-state index contributed by atoms with van der Waals surface area (Å²) in [6.07, 6.45) is 15.9. The number of allylic oxidation sites excluding steroid dienone is 5. The number of nitrogens with zero attached hydrogens (tertiary/aromatic N) is 1. The van der Waals surface area contributed by atoms with E-state index in [2.05, 4.69) is 76.9 Å². The van der Waals surface area contributed by atoms with E-state index in [1.807, 2.05) is 0 Å². The summed E-state index contributed by atoms with van der Waals surface area (Å²) in [5.74, 6) is 0. The van der Waals surface area contributed by atoms with Gasteiger partial charge < -0.3 is 5.32 Å². The molecule has 0 aliphatic rings. The van der Waals surface area contributed by atoms with Crippen LogP contribution in [-0.4, -0.2) is 37.1 Å². The Bertz CT molecular complexity index is 441. The van der Waals surface area contributed by atoms with Gasteiger partial charge in [-0.1, -0.05) is 55.2 Å². The van der Waals surface area contributed by atoms with Crippen molar-refractivity contribution < 1.29 is 0 Å². The first-order chi connectivity index (χ1) is 12.9. The van der Waals surface area contributed by atoms with Crippen LogP contribution >= 0.6 is 0 Å². The fourth-order valence-electron chi connectivity index (χ4n) is 3.24. The van der Waals surface area contributed by atoms with Gasteiger partial charge in [0.15, 0.2) is 0 Å². The molecule has 0 saturated carbocycles. The molecule has 1 unspecified atom stereocenters. The van der Waals surface area contributed by atoms with Crippen molar-refractivity contribution in [2.24, 2.45) is 0 Å². The van der Waals surface area contributed by atoms with Crippen molar-refractivity contribution in [2.75, 3.05) is 26.2 Å². The van der Waals surface area contributed by atoms with E-state index in [0.717, 1.165) is 19.6 Å². The van der Waals surface area contributed by atoms with Crippen LogP contribution in [0.5, 0.6) is 0 Å². The molecule has 0 rings (SSSR count). The molecule has 0 radical (unpaired) electrons. The topological polar surface area (TPSA) is 15.3 Å². The largest absolute Gasteiger partial charge is 0.315 e. The van der Waals surface area contributed by atoms with E-state index in [1.54, 1.807) is 0 Å². The van der Waals surface area contributed by atoms with Gasteiger partial charge in [-0.15, -0.1) is 0 Å². The summed E-state index contributed by atoms with van der Waals surface area (Å²) >= 11 is 0. The van der Waals surface area contributed by atoms with Crippen LogP contribution in [0.25, 0.3) is 0 Å². The van der Waals surface area contributed by atoms with Crippen LogP contribution in [0.15, 0.2) is 34.9 Å². The van der Waals surface area contributed by atoms with Gasteiger partial charge in [0.25, 0.3) is 0 Å². The number of unbranched alkanes of at least 4 members (excludes halogenated alkanes) is 1. The van der Waals surface area contributed by atoms with Gasteiger partial charge >= 0.3 is 0 Å². The van der Waals surface area contributed by atoms with Crippen molar-refractivity contribution in [1.82, 2.24) is 10.2 Å². The Hall–Kier alpha value is -0.860. The van der Waals surface area contributed by atoms with E-state index >= 15 is 0 Å².